The van der Waals surface area contributed by atoms with Gasteiger partial charge in [-0.1, -0.05) is 17.7 Å². The van der Waals surface area contributed by atoms with Crippen LogP contribution in [-0.2, 0) is 15.9 Å². The Morgan fingerprint density at radius 3 is 2.39 bits per heavy atom. The van der Waals surface area contributed by atoms with Crippen molar-refractivity contribution in [1.82, 2.24) is 9.78 Å². The lowest BCUT2D eigenvalue weighted by Gasteiger charge is -2.32. The zero-order valence-corrected chi connectivity index (χ0v) is 14.8. The Labute approximate surface area is 141 Å². The molecule has 0 bridgehead atoms. The maximum absolute atomic E-state index is 11.5. The number of aromatic nitrogens is 2. The van der Waals surface area contributed by atoms with Crippen LogP contribution < -0.4 is 5.46 Å². The molecular formula is C16H20BClN2O3. The first-order chi connectivity index (χ1) is 10.7. The SMILES string of the molecule is CCn1nc2ccc(B3OC(C)(C)C(C)(C)O3)c(Cl)c2c1C=O. The van der Waals surface area contributed by atoms with Crippen molar-refractivity contribution < 1.29 is 14.1 Å². The lowest BCUT2D eigenvalue weighted by Crippen LogP contribution is -2.41. The van der Waals surface area contributed by atoms with Crippen LogP contribution in [0.25, 0.3) is 10.9 Å². The fraction of sp³-hybridized carbons (Fsp3) is 0.500. The molecule has 1 aliphatic heterocycles. The largest absolute Gasteiger partial charge is 0.496 e. The third-order valence-electron chi connectivity index (χ3n) is 4.83. The van der Waals surface area contributed by atoms with Gasteiger partial charge in [0.1, 0.15) is 5.69 Å². The average Bonchev–Trinajstić information content (AvgIpc) is 2.94. The highest BCUT2D eigenvalue weighted by atomic mass is 35.5. The molecule has 122 valence electrons. The van der Waals surface area contributed by atoms with Gasteiger partial charge in [0.15, 0.2) is 6.29 Å². The summed E-state index contributed by atoms with van der Waals surface area (Å²) in [5.41, 5.74) is 0.996. The molecule has 1 saturated heterocycles. The Kier molecular flexibility index (Phi) is 3.82. The van der Waals surface area contributed by atoms with Gasteiger partial charge in [0.2, 0.25) is 0 Å². The molecule has 0 atom stereocenters. The summed E-state index contributed by atoms with van der Waals surface area (Å²) in [6.07, 6.45) is 0.790. The first-order valence-electron chi connectivity index (χ1n) is 7.71. The van der Waals surface area contributed by atoms with Crippen molar-refractivity contribution in [2.24, 2.45) is 0 Å². The van der Waals surface area contributed by atoms with E-state index in [9.17, 15) is 4.79 Å². The van der Waals surface area contributed by atoms with E-state index in [2.05, 4.69) is 5.10 Å². The summed E-state index contributed by atoms with van der Waals surface area (Å²) in [5.74, 6) is 0. The molecule has 1 aliphatic rings. The Morgan fingerprint density at radius 2 is 1.87 bits per heavy atom. The fourth-order valence-electron chi connectivity index (χ4n) is 2.73. The maximum atomic E-state index is 11.5. The Bertz CT molecular complexity index is 769. The molecule has 7 heteroatoms. The highest BCUT2D eigenvalue weighted by molar-refractivity contribution is 6.66. The zero-order chi connectivity index (χ0) is 17.0. The molecule has 2 heterocycles. The van der Waals surface area contributed by atoms with Gasteiger partial charge in [-0.05, 0) is 40.7 Å². The minimum absolute atomic E-state index is 0.447. The fourth-order valence-corrected chi connectivity index (χ4v) is 3.08. The summed E-state index contributed by atoms with van der Waals surface area (Å²) in [7, 11) is -0.568. The number of hydrogen-bond acceptors (Lipinski definition) is 4. The van der Waals surface area contributed by atoms with E-state index in [1.165, 1.54) is 0 Å². The summed E-state index contributed by atoms with van der Waals surface area (Å²) in [6.45, 7) is 10.5. The van der Waals surface area contributed by atoms with E-state index in [4.69, 9.17) is 20.9 Å². The predicted octanol–water partition coefficient (Wildman–Crippen LogP) is 2.82. The summed E-state index contributed by atoms with van der Waals surface area (Å²) >= 11 is 6.59. The highest BCUT2D eigenvalue weighted by Crippen LogP contribution is 2.37. The number of carbonyl (C=O) groups is 1. The van der Waals surface area contributed by atoms with Gasteiger partial charge in [0.25, 0.3) is 0 Å². The molecule has 1 aromatic heterocycles. The molecule has 0 amide bonds. The van der Waals surface area contributed by atoms with E-state index in [0.717, 1.165) is 11.7 Å². The Hall–Kier alpha value is -1.37. The molecule has 2 aromatic rings. The van der Waals surface area contributed by atoms with E-state index < -0.39 is 18.3 Å². The molecule has 0 aliphatic carbocycles. The van der Waals surface area contributed by atoms with Crippen molar-refractivity contribution in [3.8, 4) is 0 Å². The van der Waals surface area contributed by atoms with Crippen LogP contribution in [0.15, 0.2) is 12.1 Å². The summed E-state index contributed by atoms with van der Waals surface area (Å²) < 4.78 is 13.8. The van der Waals surface area contributed by atoms with E-state index in [0.29, 0.717) is 28.2 Å². The van der Waals surface area contributed by atoms with Gasteiger partial charge >= 0.3 is 7.12 Å². The van der Waals surface area contributed by atoms with Gasteiger partial charge in [-0.3, -0.25) is 9.48 Å². The standard InChI is InChI=1S/C16H20BClN2O3/c1-6-20-12(9-21)13-11(19-20)8-7-10(14(13)18)17-22-15(2,3)16(4,5)23-17/h7-9H,6H2,1-5H3. The number of aryl methyl sites for hydroxylation is 1. The maximum Gasteiger partial charge on any atom is 0.496 e. The van der Waals surface area contributed by atoms with Crippen LogP contribution in [0.5, 0.6) is 0 Å². The van der Waals surface area contributed by atoms with Crippen LogP contribution in [0.1, 0.15) is 45.1 Å². The predicted molar refractivity (Wildman–Crippen MR) is 91.5 cm³/mol. The molecule has 0 N–H and O–H groups in total. The second kappa shape index (κ2) is 5.33. The monoisotopic (exact) mass is 334 g/mol. The Balaban J connectivity index is 2.14. The average molecular weight is 335 g/mol. The molecule has 1 fully saturated rings. The van der Waals surface area contributed by atoms with Crippen LogP contribution in [0.4, 0.5) is 0 Å². The van der Waals surface area contributed by atoms with Gasteiger partial charge < -0.3 is 9.31 Å². The number of halogens is 1. The molecule has 0 radical (unpaired) electrons. The molecule has 0 unspecified atom stereocenters. The Morgan fingerprint density at radius 1 is 1.26 bits per heavy atom. The topological polar surface area (TPSA) is 53.4 Å². The number of nitrogens with zero attached hydrogens (tertiary/aromatic N) is 2. The van der Waals surface area contributed by atoms with E-state index in [-0.39, 0.29) is 0 Å². The van der Waals surface area contributed by atoms with Crippen molar-refractivity contribution in [1.29, 1.82) is 0 Å². The van der Waals surface area contributed by atoms with Gasteiger partial charge in [-0.2, -0.15) is 5.10 Å². The smallest absolute Gasteiger partial charge is 0.399 e. The van der Waals surface area contributed by atoms with Crippen molar-refractivity contribution >= 4 is 41.4 Å². The van der Waals surface area contributed by atoms with Gasteiger partial charge in [0, 0.05) is 17.4 Å². The first-order valence-corrected chi connectivity index (χ1v) is 8.09. The number of fused-ring (bicyclic) bond motifs is 1. The normalized spacial score (nSPS) is 19.5. The van der Waals surface area contributed by atoms with Crippen LogP contribution in [0.2, 0.25) is 5.02 Å². The molecular weight excluding hydrogens is 314 g/mol. The molecule has 0 saturated carbocycles. The second-order valence-electron chi connectivity index (χ2n) is 6.77. The number of hydrogen-bond donors (Lipinski definition) is 0. The molecule has 5 nitrogen and oxygen atoms in total. The highest BCUT2D eigenvalue weighted by Gasteiger charge is 2.52. The summed E-state index contributed by atoms with van der Waals surface area (Å²) in [5, 5.41) is 5.52. The zero-order valence-electron chi connectivity index (χ0n) is 14.0. The lowest BCUT2D eigenvalue weighted by molar-refractivity contribution is 0.00578. The molecule has 1 aromatic carbocycles. The van der Waals surface area contributed by atoms with Crippen LogP contribution in [0.3, 0.4) is 0 Å². The third kappa shape index (κ3) is 2.40. The quantitative estimate of drug-likeness (QED) is 0.640. The molecule has 0 spiro atoms. The molecule has 23 heavy (non-hydrogen) atoms. The number of aldehydes is 1. The van der Waals surface area contributed by atoms with Gasteiger partial charge in [-0.15, -0.1) is 0 Å². The van der Waals surface area contributed by atoms with Crippen molar-refractivity contribution in [2.45, 2.75) is 52.4 Å². The second-order valence-corrected chi connectivity index (χ2v) is 7.15. The van der Waals surface area contributed by atoms with Crippen molar-refractivity contribution in [3.05, 3.63) is 22.8 Å². The van der Waals surface area contributed by atoms with Crippen molar-refractivity contribution in [2.75, 3.05) is 0 Å². The van der Waals surface area contributed by atoms with Gasteiger partial charge in [-0.25, -0.2) is 0 Å². The van der Waals surface area contributed by atoms with Crippen molar-refractivity contribution in [3.63, 3.8) is 0 Å². The minimum Gasteiger partial charge on any atom is -0.399 e. The van der Waals surface area contributed by atoms with Crippen LogP contribution >= 0.6 is 11.6 Å². The summed E-state index contributed by atoms with van der Waals surface area (Å²) in [6, 6.07) is 3.70. The first kappa shape index (κ1) is 16.5. The minimum atomic E-state index is -0.568. The number of rotatable bonds is 3. The van der Waals surface area contributed by atoms with Crippen LogP contribution in [-0.4, -0.2) is 34.4 Å². The summed E-state index contributed by atoms with van der Waals surface area (Å²) in [4.78, 5) is 11.5. The van der Waals surface area contributed by atoms with Gasteiger partial charge in [0.05, 0.1) is 21.7 Å². The lowest BCUT2D eigenvalue weighted by atomic mass is 9.78. The number of carbonyl (C=O) groups excluding carboxylic acids is 1. The van der Waals surface area contributed by atoms with E-state index >= 15 is 0 Å². The third-order valence-corrected chi connectivity index (χ3v) is 5.24. The van der Waals surface area contributed by atoms with E-state index in [1.54, 1.807) is 4.68 Å². The molecule has 3 rings (SSSR count). The van der Waals surface area contributed by atoms with Crippen LogP contribution in [0, 0.1) is 0 Å². The van der Waals surface area contributed by atoms with E-state index in [1.807, 2.05) is 46.8 Å². The number of benzene rings is 1.